The quantitative estimate of drug-likeness (QED) is 0.541. The van der Waals surface area contributed by atoms with Crippen LogP contribution in [0.25, 0.3) is 0 Å². The molecule has 32 heavy (non-hydrogen) atoms. The van der Waals surface area contributed by atoms with E-state index in [0.29, 0.717) is 22.5 Å². The zero-order valence-electron chi connectivity index (χ0n) is 18.0. The first-order valence-corrected chi connectivity index (χ1v) is 11.4. The molecule has 3 aromatic carbocycles. The van der Waals surface area contributed by atoms with Gasteiger partial charge in [0, 0.05) is 18.3 Å². The molecule has 0 unspecified atom stereocenters. The molecule has 0 aromatic heterocycles. The Balaban J connectivity index is 1.77. The molecule has 1 amide bonds. The number of hydrogen-bond acceptors (Lipinski definition) is 5. The number of anilines is 2. The number of esters is 1. The average molecular weight is 453 g/mol. The topological polar surface area (TPSA) is 92.8 Å². The Morgan fingerprint density at radius 1 is 0.938 bits per heavy atom. The molecule has 166 valence electrons. The minimum Gasteiger partial charge on any atom is -0.462 e. The smallest absolute Gasteiger partial charge is 0.338 e. The van der Waals surface area contributed by atoms with Crippen LogP contribution in [0.15, 0.2) is 77.7 Å². The number of nitrogens with one attached hydrogen (secondary N) is 1. The summed E-state index contributed by atoms with van der Waals surface area (Å²) in [6, 6.07) is 19.3. The predicted molar refractivity (Wildman–Crippen MR) is 124 cm³/mol. The van der Waals surface area contributed by atoms with E-state index in [1.165, 1.54) is 19.2 Å². The summed E-state index contributed by atoms with van der Waals surface area (Å²) in [4.78, 5) is 24.9. The standard InChI is InChI=1S/C24H24N2O5S/c1-4-31-24(28)19-11-10-17(2)22(16-19)25-23(27)18-12-14-20(15-13-18)26(3)32(29,30)21-8-6-5-7-9-21/h5-16H,4H2,1-3H3,(H,25,27). The van der Waals surface area contributed by atoms with E-state index >= 15 is 0 Å². The van der Waals surface area contributed by atoms with Crippen LogP contribution in [-0.2, 0) is 14.8 Å². The normalized spacial score (nSPS) is 11.0. The number of aryl methyl sites for hydroxylation is 1. The van der Waals surface area contributed by atoms with E-state index in [1.54, 1.807) is 67.6 Å². The second-order valence-corrected chi connectivity index (χ2v) is 9.01. The third-order valence-corrected chi connectivity index (χ3v) is 6.69. The summed E-state index contributed by atoms with van der Waals surface area (Å²) in [7, 11) is -2.25. The van der Waals surface area contributed by atoms with Gasteiger partial charge >= 0.3 is 5.97 Å². The maximum absolute atomic E-state index is 12.8. The van der Waals surface area contributed by atoms with Crippen molar-refractivity contribution in [3.8, 4) is 0 Å². The molecule has 0 fully saturated rings. The highest BCUT2D eigenvalue weighted by Crippen LogP contribution is 2.23. The van der Waals surface area contributed by atoms with Crippen LogP contribution in [-0.4, -0.2) is 33.9 Å². The molecular weight excluding hydrogens is 428 g/mol. The van der Waals surface area contributed by atoms with E-state index in [9.17, 15) is 18.0 Å². The Hall–Kier alpha value is -3.65. The van der Waals surface area contributed by atoms with Crippen molar-refractivity contribution < 1.29 is 22.7 Å². The number of ether oxygens (including phenoxy) is 1. The molecule has 1 N–H and O–H groups in total. The van der Waals surface area contributed by atoms with Gasteiger partial charge in [-0.1, -0.05) is 24.3 Å². The van der Waals surface area contributed by atoms with Gasteiger partial charge in [-0.25, -0.2) is 13.2 Å². The highest BCUT2D eigenvalue weighted by atomic mass is 32.2. The van der Waals surface area contributed by atoms with Crippen molar-refractivity contribution in [1.82, 2.24) is 0 Å². The number of carbonyl (C=O) groups excluding carboxylic acids is 2. The number of hydrogen-bond donors (Lipinski definition) is 1. The summed E-state index contributed by atoms with van der Waals surface area (Å²) in [5.41, 5.74) is 2.40. The van der Waals surface area contributed by atoms with Crippen LogP contribution in [0.5, 0.6) is 0 Å². The van der Waals surface area contributed by atoms with Gasteiger partial charge in [0.15, 0.2) is 0 Å². The van der Waals surface area contributed by atoms with Crippen molar-refractivity contribution in [1.29, 1.82) is 0 Å². The Kier molecular flexibility index (Phi) is 6.95. The third-order valence-electron chi connectivity index (χ3n) is 4.89. The van der Waals surface area contributed by atoms with Crippen LogP contribution in [0.3, 0.4) is 0 Å². The van der Waals surface area contributed by atoms with Crippen LogP contribution in [0.4, 0.5) is 11.4 Å². The summed E-state index contributed by atoms with van der Waals surface area (Å²) >= 11 is 0. The van der Waals surface area contributed by atoms with Gasteiger partial charge in [0.2, 0.25) is 0 Å². The molecular formula is C24H24N2O5S. The zero-order chi connectivity index (χ0) is 23.3. The van der Waals surface area contributed by atoms with E-state index in [1.807, 2.05) is 6.92 Å². The summed E-state index contributed by atoms with van der Waals surface area (Å²) in [5, 5.41) is 2.79. The van der Waals surface area contributed by atoms with Gasteiger partial charge in [0.1, 0.15) is 0 Å². The predicted octanol–water partition coefficient (Wildman–Crippen LogP) is 4.25. The van der Waals surface area contributed by atoms with Crippen molar-refractivity contribution >= 4 is 33.3 Å². The molecule has 7 nitrogen and oxygen atoms in total. The minimum atomic E-state index is -3.71. The molecule has 0 saturated carbocycles. The van der Waals surface area contributed by atoms with Gasteiger partial charge in [0.05, 0.1) is 22.8 Å². The SMILES string of the molecule is CCOC(=O)c1ccc(C)c(NC(=O)c2ccc(N(C)S(=O)(=O)c3ccccc3)cc2)c1. The number of amides is 1. The Morgan fingerprint density at radius 2 is 1.56 bits per heavy atom. The third kappa shape index (κ3) is 4.97. The summed E-state index contributed by atoms with van der Waals surface area (Å²) in [5.74, 6) is -0.843. The van der Waals surface area contributed by atoms with E-state index in [2.05, 4.69) is 5.32 Å². The molecule has 0 aliphatic heterocycles. The molecule has 0 heterocycles. The number of benzene rings is 3. The lowest BCUT2D eigenvalue weighted by molar-refractivity contribution is 0.0526. The van der Waals surface area contributed by atoms with Crippen LogP contribution in [0.1, 0.15) is 33.2 Å². The monoisotopic (exact) mass is 452 g/mol. The van der Waals surface area contributed by atoms with Gasteiger partial charge in [0.25, 0.3) is 15.9 Å². The molecule has 3 aromatic rings. The van der Waals surface area contributed by atoms with Crippen molar-refractivity contribution in [2.24, 2.45) is 0 Å². The first-order chi connectivity index (χ1) is 15.2. The van der Waals surface area contributed by atoms with Gasteiger partial charge in [-0.15, -0.1) is 0 Å². The van der Waals surface area contributed by atoms with Crippen LogP contribution < -0.4 is 9.62 Å². The second kappa shape index (κ2) is 9.65. The van der Waals surface area contributed by atoms with Crippen molar-refractivity contribution in [2.45, 2.75) is 18.7 Å². The Labute approximate surface area is 187 Å². The molecule has 3 rings (SSSR count). The maximum Gasteiger partial charge on any atom is 0.338 e. The molecule has 0 bridgehead atoms. The largest absolute Gasteiger partial charge is 0.462 e. The first-order valence-electron chi connectivity index (χ1n) is 9.97. The summed E-state index contributed by atoms with van der Waals surface area (Å²) in [6.45, 7) is 3.80. The molecule has 0 saturated heterocycles. The fourth-order valence-corrected chi connectivity index (χ4v) is 4.22. The van der Waals surface area contributed by atoms with E-state index < -0.39 is 16.0 Å². The Bertz CT molecular complexity index is 1220. The number of sulfonamides is 1. The van der Waals surface area contributed by atoms with Gasteiger partial charge in [-0.2, -0.15) is 0 Å². The van der Waals surface area contributed by atoms with Gasteiger partial charge in [-0.3, -0.25) is 9.10 Å². The van der Waals surface area contributed by atoms with E-state index in [0.717, 1.165) is 9.87 Å². The lowest BCUT2D eigenvalue weighted by atomic mass is 10.1. The lowest BCUT2D eigenvalue weighted by Gasteiger charge is -2.19. The number of carbonyl (C=O) groups is 2. The van der Waals surface area contributed by atoms with Crippen molar-refractivity contribution in [3.05, 3.63) is 89.5 Å². The average Bonchev–Trinajstić information content (AvgIpc) is 2.80. The lowest BCUT2D eigenvalue weighted by Crippen LogP contribution is -2.26. The molecule has 0 aliphatic rings. The van der Waals surface area contributed by atoms with Crippen molar-refractivity contribution in [2.75, 3.05) is 23.3 Å². The van der Waals surface area contributed by atoms with Crippen molar-refractivity contribution in [3.63, 3.8) is 0 Å². The summed E-state index contributed by atoms with van der Waals surface area (Å²) in [6.07, 6.45) is 0. The van der Waals surface area contributed by atoms with E-state index in [-0.39, 0.29) is 17.4 Å². The first kappa shape index (κ1) is 23.0. The summed E-state index contributed by atoms with van der Waals surface area (Å²) < 4.78 is 31.7. The fourth-order valence-electron chi connectivity index (χ4n) is 3.00. The van der Waals surface area contributed by atoms with E-state index in [4.69, 9.17) is 4.74 Å². The molecule has 8 heteroatoms. The second-order valence-electron chi connectivity index (χ2n) is 7.04. The fraction of sp³-hybridized carbons (Fsp3) is 0.167. The van der Waals surface area contributed by atoms with Crippen LogP contribution >= 0.6 is 0 Å². The maximum atomic E-state index is 12.8. The molecule has 0 aliphatic carbocycles. The number of nitrogens with zero attached hydrogens (tertiary/aromatic N) is 1. The molecule has 0 atom stereocenters. The van der Waals surface area contributed by atoms with Gasteiger partial charge in [-0.05, 0) is 67.9 Å². The molecule has 0 radical (unpaired) electrons. The minimum absolute atomic E-state index is 0.182. The zero-order valence-corrected chi connectivity index (χ0v) is 18.8. The highest BCUT2D eigenvalue weighted by Gasteiger charge is 2.21. The Morgan fingerprint density at radius 3 is 2.19 bits per heavy atom. The highest BCUT2D eigenvalue weighted by molar-refractivity contribution is 7.92. The molecule has 0 spiro atoms. The van der Waals surface area contributed by atoms with Gasteiger partial charge < -0.3 is 10.1 Å². The van der Waals surface area contributed by atoms with Crippen LogP contribution in [0.2, 0.25) is 0 Å². The van der Waals surface area contributed by atoms with Crippen LogP contribution in [0, 0.1) is 6.92 Å². The number of rotatable bonds is 7.